The topological polar surface area (TPSA) is 66.5 Å². The zero-order chi connectivity index (χ0) is 20.0. The third kappa shape index (κ3) is 6.16. The predicted octanol–water partition coefficient (Wildman–Crippen LogP) is 3.86. The molecule has 0 aliphatic rings. The van der Waals surface area contributed by atoms with E-state index in [-0.39, 0.29) is 29.9 Å². The average Bonchev–Trinajstić information content (AvgIpc) is 2.63. The van der Waals surface area contributed by atoms with E-state index in [1.807, 2.05) is 45.0 Å². The minimum absolute atomic E-state index is 0.00545. The van der Waals surface area contributed by atoms with Gasteiger partial charge in [0.2, 0.25) is 15.9 Å². The molecule has 0 fully saturated rings. The molecule has 0 saturated carbocycles. The fourth-order valence-electron chi connectivity index (χ4n) is 2.46. The number of sulfonamides is 1. The number of hydrogen-bond acceptors (Lipinski definition) is 3. The first kappa shape index (κ1) is 21.6. The Bertz CT molecular complexity index is 865. The predicted molar refractivity (Wildman–Crippen MR) is 111 cm³/mol. The lowest BCUT2D eigenvalue weighted by atomic mass is 10.2. The maximum Gasteiger partial charge on any atom is 0.243 e. The highest BCUT2D eigenvalue weighted by Gasteiger charge is 2.27. The zero-order valence-electron chi connectivity index (χ0n) is 15.8. The van der Waals surface area contributed by atoms with Crippen LogP contribution in [0.1, 0.15) is 31.4 Å². The average molecular weight is 453 g/mol. The second-order valence-corrected chi connectivity index (χ2v) is 9.44. The lowest BCUT2D eigenvalue weighted by Crippen LogP contribution is -2.43. The number of nitrogens with zero attached hydrogens (tertiary/aromatic N) is 1. The molecule has 0 saturated heterocycles. The largest absolute Gasteiger partial charge is 0.353 e. The van der Waals surface area contributed by atoms with Crippen LogP contribution >= 0.6 is 15.9 Å². The number of aryl methyl sites for hydroxylation is 1. The molecule has 0 aliphatic carbocycles. The van der Waals surface area contributed by atoms with E-state index in [4.69, 9.17) is 0 Å². The lowest BCUT2D eigenvalue weighted by Gasteiger charge is -2.23. The molecule has 27 heavy (non-hydrogen) atoms. The summed E-state index contributed by atoms with van der Waals surface area (Å²) in [6.07, 6.45) is 0.781. The second-order valence-electron chi connectivity index (χ2n) is 6.59. The van der Waals surface area contributed by atoms with Gasteiger partial charge in [0, 0.05) is 17.1 Å². The smallest absolute Gasteiger partial charge is 0.243 e. The summed E-state index contributed by atoms with van der Waals surface area (Å²) in [6.45, 7) is 5.66. The first-order chi connectivity index (χ1) is 12.7. The Morgan fingerprint density at radius 1 is 1.11 bits per heavy atom. The molecule has 0 radical (unpaired) electrons. The maximum atomic E-state index is 13.1. The number of hydrogen-bond donors (Lipinski definition) is 1. The Labute approximate surface area is 170 Å². The molecule has 1 atom stereocenters. The van der Waals surface area contributed by atoms with Gasteiger partial charge in [-0.1, -0.05) is 52.7 Å². The van der Waals surface area contributed by atoms with Crippen molar-refractivity contribution >= 4 is 31.9 Å². The number of carbonyl (C=O) groups excluding carboxylic acids is 1. The molecule has 0 spiro atoms. The first-order valence-corrected chi connectivity index (χ1v) is 11.1. The van der Waals surface area contributed by atoms with Crippen LogP contribution in [-0.4, -0.2) is 31.2 Å². The molecule has 1 amide bonds. The number of nitrogens with one attached hydrogen (secondary N) is 1. The van der Waals surface area contributed by atoms with Crippen LogP contribution in [0.3, 0.4) is 0 Å². The van der Waals surface area contributed by atoms with Crippen molar-refractivity contribution in [3.63, 3.8) is 0 Å². The molecule has 7 heteroatoms. The Balaban J connectivity index is 2.31. The molecular formula is C20H25BrN2O3S. The van der Waals surface area contributed by atoms with Crippen molar-refractivity contribution in [2.45, 2.75) is 44.7 Å². The van der Waals surface area contributed by atoms with Crippen molar-refractivity contribution in [3.05, 3.63) is 64.1 Å². The van der Waals surface area contributed by atoms with Crippen LogP contribution in [0.25, 0.3) is 0 Å². The highest BCUT2D eigenvalue weighted by atomic mass is 79.9. The van der Waals surface area contributed by atoms with E-state index >= 15 is 0 Å². The van der Waals surface area contributed by atoms with E-state index in [1.165, 1.54) is 4.31 Å². The van der Waals surface area contributed by atoms with Gasteiger partial charge in [0.05, 0.1) is 11.4 Å². The summed E-state index contributed by atoms with van der Waals surface area (Å²) in [5.74, 6) is -0.308. The van der Waals surface area contributed by atoms with Crippen LogP contribution in [0.15, 0.2) is 57.9 Å². The van der Waals surface area contributed by atoms with Gasteiger partial charge in [-0.2, -0.15) is 4.31 Å². The van der Waals surface area contributed by atoms with Crippen LogP contribution in [0, 0.1) is 6.92 Å². The van der Waals surface area contributed by atoms with Crippen LogP contribution in [0.5, 0.6) is 0 Å². The minimum atomic E-state index is -3.80. The molecule has 2 aromatic rings. The molecule has 0 unspecified atom stereocenters. The highest BCUT2D eigenvalue weighted by molar-refractivity contribution is 9.10. The molecule has 5 nitrogen and oxygen atoms in total. The van der Waals surface area contributed by atoms with Gasteiger partial charge in [-0.05, 0) is 50.1 Å². The Kier molecular flexibility index (Phi) is 7.59. The van der Waals surface area contributed by atoms with Crippen molar-refractivity contribution in [3.8, 4) is 0 Å². The number of carbonyl (C=O) groups is 1. The first-order valence-electron chi connectivity index (χ1n) is 8.83. The van der Waals surface area contributed by atoms with Crippen molar-refractivity contribution in [1.82, 2.24) is 9.62 Å². The van der Waals surface area contributed by atoms with Gasteiger partial charge < -0.3 is 5.32 Å². The Morgan fingerprint density at radius 2 is 1.70 bits per heavy atom. The summed E-state index contributed by atoms with van der Waals surface area (Å²) in [6, 6.07) is 14.0. The summed E-state index contributed by atoms with van der Waals surface area (Å²) in [4.78, 5) is 12.6. The van der Waals surface area contributed by atoms with Gasteiger partial charge in [0.1, 0.15) is 0 Å². The van der Waals surface area contributed by atoms with Crippen molar-refractivity contribution in [2.75, 3.05) is 6.54 Å². The summed E-state index contributed by atoms with van der Waals surface area (Å²) < 4.78 is 28.4. The second kappa shape index (κ2) is 9.48. The molecule has 2 aromatic carbocycles. The van der Waals surface area contributed by atoms with Crippen molar-refractivity contribution in [1.29, 1.82) is 0 Å². The number of amides is 1. The molecule has 0 aromatic heterocycles. The quantitative estimate of drug-likeness (QED) is 0.660. The highest BCUT2D eigenvalue weighted by Crippen LogP contribution is 2.20. The molecule has 2 rings (SSSR count). The van der Waals surface area contributed by atoms with E-state index in [1.54, 1.807) is 24.3 Å². The summed E-state index contributed by atoms with van der Waals surface area (Å²) in [5, 5.41) is 2.84. The zero-order valence-corrected chi connectivity index (χ0v) is 18.2. The third-order valence-electron chi connectivity index (χ3n) is 4.27. The summed E-state index contributed by atoms with van der Waals surface area (Å²) in [5.41, 5.74) is 1.79. The summed E-state index contributed by atoms with van der Waals surface area (Å²) >= 11 is 3.37. The summed E-state index contributed by atoms with van der Waals surface area (Å²) in [7, 11) is -3.80. The van der Waals surface area contributed by atoms with Gasteiger partial charge >= 0.3 is 0 Å². The number of benzene rings is 2. The molecule has 146 valence electrons. The van der Waals surface area contributed by atoms with E-state index in [0.29, 0.717) is 0 Å². The maximum absolute atomic E-state index is 13.1. The monoisotopic (exact) mass is 452 g/mol. The third-order valence-corrected chi connectivity index (χ3v) is 6.61. The fourth-order valence-corrected chi connectivity index (χ4v) is 4.11. The van der Waals surface area contributed by atoms with Crippen LogP contribution in [0.4, 0.5) is 0 Å². The number of rotatable bonds is 8. The molecule has 0 aliphatic heterocycles. The Hall–Kier alpha value is -1.70. The van der Waals surface area contributed by atoms with E-state index in [9.17, 15) is 13.2 Å². The van der Waals surface area contributed by atoms with Crippen LogP contribution in [0.2, 0.25) is 0 Å². The molecule has 0 bridgehead atoms. The van der Waals surface area contributed by atoms with Crippen LogP contribution in [-0.2, 0) is 21.4 Å². The minimum Gasteiger partial charge on any atom is -0.353 e. The number of halogens is 1. The Morgan fingerprint density at radius 3 is 2.26 bits per heavy atom. The van der Waals surface area contributed by atoms with Gasteiger partial charge in [-0.15, -0.1) is 0 Å². The molecule has 0 heterocycles. The van der Waals surface area contributed by atoms with Gasteiger partial charge in [-0.3, -0.25) is 4.79 Å². The van der Waals surface area contributed by atoms with Crippen LogP contribution < -0.4 is 5.32 Å². The normalized spacial score (nSPS) is 12.8. The van der Waals surface area contributed by atoms with E-state index in [0.717, 1.165) is 22.0 Å². The SMILES string of the molecule is CC[C@H](C)NC(=O)CN(Cc1ccc(Br)cc1)S(=O)(=O)c1ccc(C)cc1. The molecule has 1 N–H and O–H groups in total. The van der Waals surface area contributed by atoms with Crippen molar-refractivity contribution in [2.24, 2.45) is 0 Å². The van der Waals surface area contributed by atoms with Gasteiger partial charge in [-0.25, -0.2) is 8.42 Å². The van der Waals surface area contributed by atoms with E-state index < -0.39 is 10.0 Å². The van der Waals surface area contributed by atoms with Gasteiger partial charge in [0.15, 0.2) is 0 Å². The lowest BCUT2D eigenvalue weighted by molar-refractivity contribution is -0.122. The molecular weight excluding hydrogens is 428 g/mol. The van der Waals surface area contributed by atoms with Crippen molar-refractivity contribution < 1.29 is 13.2 Å². The van der Waals surface area contributed by atoms with Gasteiger partial charge in [0.25, 0.3) is 0 Å². The standard InChI is InChI=1S/C20H25BrN2O3S/c1-4-16(3)22-20(24)14-23(13-17-7-9-18(21)10-8-17)27(25,26)19-11-5-15(2)6-12-19/h5-12,16H,4,13-14H2,1-3H3,(H,22,24)/t16-/m0/s1. The fraction of sp³-hybridized carbons (Fsp3) is 0.350. The van der Waals surface area contributed by atoms with E-state index in [2.05, 4.69) is 21.2 Å².